The maximum absolute atomic E-state index is 13.0. The van der Waals surface area contributed by atoms with Crippen LogP contribution in [0, 0.1) is 11.7 Å². The molecule has 0 bridgehead atoms. The molecular weight excluding hydrogens is 365 g/mol. The second-order valence-corrected chi connectivity index (χ2v) is 7.75. The average molecular weight is 389 g/mol. The number of hydrogen-bond acceptors (Lipinski definition) is 4. The Morgan fingerprint density at radius 1 is 1.15 bits per heavy atom. The van der Waals surface area contributed by atoms with Crippen molar-refractivity contribution in [3.8, 4) is 0 Å². The molecule has 2 aromatic rings. The van der Waals surface area contributed by atoms with E-state index in [9.17, 15) is 14.3 Å². The lowest BCUT2D eigenvalue weighted by Gasteiger charge is -2.39. The highest BCUT2D eigenvalue weighted by Gasteiger charge is 2.39. The molecule has 0 spiro atoms. The molecule has 27 heavy (non-hydrogen) atoms. The van der Waals surface area contributed by atoms with Gasteiger partial charge >= 0.3 is 0 Å². The predicted molar refractivity (Wildman–Crippen MR) is 104 cm³/mol. The summed E-state index contributed by atoms with van der Waals surface area (Å²) in [5.41, 5.74) is -0.315. The van der Waals surface area contributed by atoms with Crippen LogP contribution in [0.3, 0.4) is 0 Å². The number of benzene rings is 2. The van der Waals surface area contributed by atoms with Crippen LogP contribution >= 0.6 is 11.8 Å². The first-order valence-electron chi connectivity index (χ1n) is 9.08. The van der Waals surface area contributed by atoms with E-state index in [1.165, 1.54) is 23.9 Å². The summed E-state index contributed by atoms with van der Waals surface area (Å²) < 4.78 is 18.4. The summed E-state index contributed by atoms with van der Waals surface area (Å²) >= 11 is 1.34. The number of amides is 1. The molecular formula is C21H24FNO3S. The third-order valence-electron chi connectivity index (χ3n) is 4.91. The molecule has 1 heterocycles. The molecule has 1 atom stereocenters. The van der Waals surface area contributed by atoms with Gasteiger partial charge in [0.2, 0.25) is 5.91 Å². The van der Waals surface area contributed by atoms with E-state index >= 15 is 0 Å². The van der Waals surface area contributed by atoms with Gasteiger partial charge in [0.25, 0.3) is 0 Å². The van der Waals surface area contributed by atoms with Crippen molar-refractivity contribution in [2.75, 3.05) is 25.5 Å². The Morgan fingerprint density at radius 2 is 1.81 bits per heavy atom. The Bertz CT molecular complexity index is 735. The van der Waals surface area contributed by atoms with Gasteiger partial charge in [-0.3, -0.25) is 4.79 Å². The van der Waals surface area contributed by atoms with Gasteiger partial charge < -0.3 is 15.2 Å². The van der Waals surface area contributed by atoms with E-state index < -0.39 is 5.60 Å². The molecule has 144 valence electrons. The zero-order chi connectivity index (χ0) is 19.1. The largest absolute Gasteiger partial charge is 0.383 e. The van der Waals surface area contributed by atoms with Crippen LogP contribution < -0.4 is 5.32 Å². The maximum Gasteiger partial charge on any atom is 0.230 e. The third kappa shape index (κ3) is 5.31. The van der Waals surface area contributed by atoms with Crippen molar-refractivity contribution < 1.29 is 19.0 Å². The summed E-state index contributed by atoms with van der Waals surface area (Å²) in [5.74, 6) is -0.220. The minimum atomic E-state index is -1.12. The Labute approximate surface area is 163 Å². The van der Waals surface area contributed by atoms with Gasteiger partial charge in [0, 0.05) is 18.1 Å². The zero-order valence-electron chi connectivity index (χ0n) is 15.1. The second kappa shape index (κ2) is 9.35. The lowest BCUT2D eigenvalue weighted by atomic mass is 9.77. The van der Waals surface area contributed by atoms with E-state index in [-0.39, 0.29) is 29.9 Å². The fourth-order valence-electron chi connectivity index (χ4n) is 3.35. The van der Waals surface area contributed by atoms with Crippen molar-refractivity contribution in [1.82, 2.24) is 5.32 Å². The molecule has 6 heteroatoms. The average Bonchev–Trinajstić information content (AvgIpc) is 2.73. The molecule has 2 aromatic carbocycles. The van der Waals surface area contributed by atoms with Gasteiger partial charge in [0.05, 0.1) is 12.3 Å². The number of rotatable bonds is 7. The van der Waals surface area contributed by atoms with E-state index in [4.69, 9.17) is 4.74 Å². The molecule has 2 N–H and O–H groups in total. The molecule has 1 unspecified atom stereocenters. The van der Waals surface area contributed by atoms with Crippen LogP contribution in [0.25, 0.3) is 0 Å². The normalized spacial score (nSPS) is 17.3. The van der Waals surface area contributed by atoms with Crippen molar-refractivity contribution in [2.45, 2.75) is 23.3 Å². The minimum Gasteiger partial charge on any atom is -0.383 e. The SMILES string of the molecule is O=C(CSc1ccc(F)cc1)NCC(O)(c1ccccc1)C1CCOCC1. The molecule has 1 amide bonds. The zero-order valence-corrected chi connectivity index (χ0v) is 15.9. The number of hydrogen-bond donors (Lipinski definition) is 2. The van der Waals surface area contributed by atoms with Gasteiger partial charge in [-0.1, -0.05) is 30.3 Å². The highest BCUT2D eigenvalue weighted by Crippen LogP contribution is 2.35. The second-order valence-electron chi connectivity index (χ2n) is 6.70. The molecule has 1 aliphatic heterocycles. The molecule has 1 saturated heterocycles. The highest BCUT2D eigenvalue weighted by atomic mass is 32.2. The molecule has 4 nitrogen and oxygen atoms in total. The van der Waals surface area contributed by atoms with E-state index in [1.807, 2.05) is 30.3 Å². The number of carbonyl (C=O) groups excluding carboxylic acids is 1. The Balaban J connectivity index is 1.62. The van der Waals surface area contributed by atoms with Crippen molar-refractivity contribution in [1.29, 1.82) is 0 Å². The van der Waals surface area contributed by atoms with Gasteiger partial charge in [-0.15, -0.1) is 11.8 Å². The summed E-state index contributed by atoms with van der Waals surface area (Å²) in [4.78, 5) is 13.1. The Hall–Kier alpha value is -1.89. The number of nitrogens with one attached hydrogen (secondary N) is 1. The van der Waals surface area contributed by atoms with Crippen LogP contribution in [0.15, 0.2) is 59.5 Å². The molecule has 0 radical (unpaired) electrons. The van der Waals surface area contributed by atoms with Crippen molar-refractivity contribution in [3.63, 3.8) is 0 Å². The first kappa shape index (κ1) is 19.9. The molecule has 0 aromatic heterocycles. The Morgan fingerprint density at radius 3 is 2.48 bits per heavy atom. The van der Waals surface area contributed by atoms with Crippen molar-refractivity contribution >= 4 is 17.7 Å². The summed E-state index contributed by atoms with van der Waals surface area (Å²) in [6, 6.07) is 15.5. The molecule has 0 aliphatic carbocycles. The Kier molecular flexibility index (Phi) is 6.88. The van der Waals surface area contributed by atoms with Crippen molar-refractivity contribution in [3.05, 3.63) is 66.0 Å². The first-order chi connectivity index (χ1) is 13.1. The van der Waals surface area contributed by atoms with Gasteiger partial charge in [-0.05, 0) is 48.6 Å². The lowest BCUT2D eigenvalue weighted by Crippen LogP contribution is -2.48. The lowest BCUT2D eigenvalue weighted by molar-refractivity contribution is -0.121. The predicted octanol–water partition coefficient (Wildman–Crippen LogP) is 3.35. The van der Waals surface area contributed by atoms with Crippen LogP contribution in [-0.4, -0.2) is 36.5 Å². The molecule has 1 fully saturated rings. The fraction of sp³-hybridized carbons (Fsp3) is 0.381. The molecule has 0 saturated carbocycles. The smallest absolute Gasteiger partial charge is 0.230 e. The van der Waals surface area contributed by atoms with Crippen LogP contribution in [-0.2, 0) is 15.1 Å². The van der Waals surface area contributed by atoms with Gasteiger partial charge in [0.15, 0.2) is 0 Å². The molecule has 1 aliphatic rings. The number of aliphatic hydroxyl groups is 1. The number of thioether (sulfide) groups is 1. The summed E-state index contributed by atoms with van der Waals surface area (Å²) in [7, 11) is 0. The summed E-state index contributed by atoms with van der Waals surface area (Å²) in [6.07, 6.45) is 1.51. The van der Waals surface area contributed by atoms with Crippen LogP contribution in [0.4, 0.5) is 4.39 Å². The maximum atomic E-state index is 13.0. The van der Waals surface area contributed by atoms with Crippen LogP contribution in [0.1, 0.15) is 18.4 Å². The van der Waals surface area contributed by atoms with Crippen LogP contribution in [0.5, 0.6) is 0 Å². The monoisotopic (exact) mass is 389 g/mol. The van der Waals surface area contributed by atoms with Gasteiger partial charge in [0.1, 0.15) is 11.4 Å². The van der Waals surface area contributed by atoms with E-state index in [2.05, 4.69) is 5.32 Å². The third-order valence-corrected chi connectivity index (χ3v) is 5.92. The summed E-state index contributed by atoms with van der Waals surface area (Å²) in [5, 5.41) is 14.3. The topological polar surface area (TPSA) is 58.6 Å². The van der Waals surface area contributed by atoms with Crippen LogP contribution in [0.2, 0.25) is 0 Å². The standard InChI is InChI=1S/C21H24FNO3S/c22-18-6-8-19(9-7-18)27-14-20(24)23-15-21(25,16-4-2-1-3-5-16)17-10-12-26-13-11-17/h1-9,17,25H,10-15H2,(H,23,24). The van der Waals surface area contributed by atoms with Gasteiger partial charge in [-0.2, -0.15) is 0 Å². The first-order valence-corrected chi connectivity index (χ1v) is 10.1. The van der Waals surface area contributed by atoms with E-state index in [0.29, 0.717) is 13.2 Å². The fourth-order valence-corrected chi connectivity index (χ4v) is 4.08. The number of halogens is 1. The molecule has 3 rings (SSSR count). The quantitative estimate of drug-likeness (QED) is 0.713. The van der Waals surface area contributed by atoms with E-state index in [1.54, 1.807) is 12.1 Å². The van der Waals surface area contributed by atoms with Gasteiger partial charge in [-0.25, -0.2) is 4.39 Å². The minimum absolute atomic E-state index is 0.0266. The highest BCUT2D eigenvalue weighted by molar-refractivity contribution is 8.00. The summed E-state index contributed by atoms with van der Waals surface area (Å²) in [6.45, 7) is 1.40. The van der Waals surface area contributed by atoms with E-state index in [0.717, 1.165) is 23.3 Å². The van der Waals surface area contributed by atoms with Crippen molar-refractivity contribution in [2.24, 2.45) is 5.92 Å². The number of ether oxygens (including phenoxy) is 1. The number of carbonyl (C=O) groups is 1.